The van der Waals surface area contributed by atoms with Crippen molar-refractivity contribution in [1.29, 1.82) is 0 Å². The van der Waals surface area contributed by atoms with Gasteiger partial charge in [-0.25, -0.2) is 4.99 Å². The van der Waals surface area contributed by atoms with Gasteiger partial charge in [0.15, 0.2) is 5.17 Å². The van der Waals surface area contributed by atoms with Crippen LogP contribution in [0.2, 0.25) is 0 Å². The van der Waals surface area contributed by atoms with Gasteiger partial charge < -0.3 is 14.6 Å². The fraction of sp³-hybridized carbons (Fsp3) is 0.231. The Morgan fingerprint density at radius 2 is 1.75 bits per heavy atom. The fourth-order valence-electron chi connectivity index (χ4n) is 3.96. The number of nitrogens with one attached hydrogen (secondary N) is 1. The number of carbonyl (C=O) groups excluding carboxylic acids is 1. The molecule has 3 aromatic rings. The van der Waals surface area contributed by atoms with Gasteiger partial charge in [-0.1, -0.05) is 18.2 Å². The molecular formula is C26H27N3O2S. The van der Waals surface area contributed by atoms with E-state index < -0.39 is 0 Å². The second-order valence-electron chi connectivity index (χ2n) is 7.81. The molecule has 0 atom stereocenters. The molecule has 0 radical (unpaired) electrons. The molecule has 0 saturated carbocycles. The number of aryl methyl sites for hydroxylation is 3. The number of hydrogen-bond donors (Lipinski definition) is 1. The molecule has 1 aromatic heterocycles. The molecule has 0 unspecified atom stereocenters. The van der Waals surface area contributed by atoms with Gasteiger partial charge in [-0.2, -0.15) is 0 Å². The maximum atomic E-state index is 12.6. The highest BCUT2D eigenvalue weighted by Crippen LogP contribution is 2.32. The van der Waals surface area contributed by atoms with Crippen LogP contribution in [0.1, 0.15) is 35.0 Å². The fourth-order valence-corrected chi connectivity index (χ4v) is 4.79. The van der Waals surface area contributed by atoms with E-state index in [4.69, 9.17) is 4.74 Å². The first-order valence-corrected chi connectivity index (χ1v) is 11.5. The number of hydrogen-bond acceptors (Lipinski definition) is 4. The molecule has 32 heavy (non-hydrogen) atoms. The third-order valence-corrected chi connectivity index (χ3v) is 6.36. The van der Waals surface area contributed by atoms with Gasteiger partial charge in [0, 0.05) is 11.4 Å². The van der Waals surface area contributed by atoms with Crippen LogP contribution in [-0.4, -0.2) is 22.2 Å². The van der Waals surface area contributed by atoms with Crippen LogP contribution in [0.5, 0.6) is 5.75 Å². The molecule has 0 aliphatic carbocycles. The Kier molecular flexibility index (Phi) is 6.24. The summed E-state index contributed by atoms with van der Waals surface area (Å²) in [6.07, 6.45) is 1.95. The molecule has 2 aromatic carbocycles. The summed E-state index contributed by atoms with van der Waals surface area (Å²) in [6.45, 7) is 11.0. The number of rotatable bonds is 5. The molecule has 1 aliphatic heterocycles. The van der Waals surface area contributed by atoms with Crippen LogP contribution >= 0.6 is 11.8 Å². The quantitative estimate of drug-likeness (QED) is 0.490. The van der Waals surface area contributed by atoms with Crippen molar-refractivity contribution >= 4 is 34.6 Å². The number of nitrogens with zero attached hydrogens (tertiary/aromatic N) is 2. The first-order chi connectivity index (χ1) is 15.4. The second kappa shape index (κ2) is 9.09. The van der Waals surface area contributed by atoms with Crippen LogP contribution in [0.15, 0.2) is 58.4 Å². The molecule has 2 heterocycles. The van der Waals surface area contributed by atoms with Gasteiger partial charge in [0.05, 0.1) is 22.9 Å². The van der Waals surface area contributed by atoms with E-state index >= 15 is 0 Å². The Balaban J connectivity index is 1.62. The number of ether oxygens (including phenoxy) is 1. The van der Waals surface area contributed by atoms with Crippen LogP contribution in [0.25, 0.3) is 11.8 Å². The van der Waals surface area contributed by atoms with Gasteiger partial charge >= 0.3 is 0 Å². The highest BCUT2D eigenvalue weighted by atomic mass is 32.2. The van der Waals surface area contributed by atoms with Gasteiger partial charge in [0.1, 0.15) is 5.75 Å². The summed E-state index contributed by atoms with van der Waals surface area (Å²) in [5.74, 6) is 0.677. The SMILES string of the molecule is CCOc1ccc(N=C2NC(=O)/C(=C\c3cc(C)n(-c4c(C)cccc4C)c3C)S2)cc1. The monoisotopic (exact) mass is 445 g/mol. The summed E-state index contributed by atoms with van der Waals surface area (Å²) in [5.41, 5.74) is 7.70. The van der Waals surface area contributed by atoms with Crippen molar-refractivity contribution in [3.8, 4) is 11.4 Å². The van der Waals surface area contributed by atoms with E-state index in [1.807, 2.05) is 37.3 Å². The van der Waals surface area contributed by atoms with E-state index in [1.54, 1.807) is 0 Å². The van der Waals surface area contributed by atoms with E-state index in [0.717, 1.165) is 28.4 Å². The Morgan fingerprint density at radius 3 is 2.41 bits per heavy atom. The Labute approximate surface area is 193 Å². The standard InChI is InChI=1S/C26H27N3O2S/c1-6-31-22-12-10-21(11-13-22)27-26-28-25(30)23(32-26)15-20-14-18(4)29(19(20)5)24-16(2)8-7-9-17(24)3/h7-15H,6H2,1-5H3,(H,27,28,30)/b23-15+. The van der Waals surface area contributed by atoms with Crippen LogP contribution < -0.4 is 10.1 Å². The largest absolute Gasteiger partial charge is 0.494 e. The number of benzene rings is 2. The highest BCUT2D eigenvalue weighted by molar-refractivity contribution is 8.18. The molecule has 1 fully saturated rings. The number of carbonyl (C=O) groups is 1. The minimum atomic E-state index is -0.128. The predicted octanol–water partition coefficient (Wildman–Crippen LogP) is 6.00. The molecule has 1 amide bonds. The third-order valence-electron chi connectivity index (χ3n) is 5.45. The zero-order chi connectivity index (χ0) is 22.8. The lowest BCUT2D eigenvalue weighted by molar-refractivity contribution is -0.115. The molecule has 5 nitrogen and oxygen atoms in total. The van der Waals surface area contributed by atoms with Crippen LogP contribution in [0.4, 0.5) is 5.69 Å². The Hall–Kier alpha value is -3.25. The summed E-state index contributed by atoms with van der Waals surface area (Å²) in [4.78, 5) is 17.8. The summed E-state index contributed by atoms with van der Waals surface area (Å²) in [6, 6.07) is 16.0. The van der Waals surface area contributed by atoms with Crippen molar-refractivity contribution in [2.24, 2.45) is 4.99 Å². The van der Waals surface area contributed by atoms with Gasteiger partial charge in [0.25, 0.3) is 5.91 Å². The summed E-state index contributed by atoms with van der Waals surface area (Å²) >= 11 is 1.36. The van der Waals surface area contributed by atoms with E-state index in [2.05, 4.69) is 66.8 Å². The lowest BCUT2D eigenvalue weighted by atomic mass is 10.1. The first kappa shape index (κ1) is 22.0. The van der Waals surface area contributed by atoms with Crippen LogP contribution in [-0.2, 0) is 4.79 Å². The molecular weight excluding hydrogens is 418 g/mol. The number of thioether (sulfide) groups is 1. The van der Waals surface area contributed by atoms with Crippen molar-refractivity contribution < 1.29 is 9.53 Å². The average molecular weight is 446 g/mol. The van der Waals surface area contributed by atoms with Gasteiger partial charge in [-0.15, -0.1) is 0 Å². The van der Waals surface area contributed by atoms with Gasteiger partial charge in [-0.05, 0) is 99.5 Å². The summed E-state index contributed by atoms with van der Waals surface area (Å²) < 4.78 is 7.73. The zero-order valence-electron chi connectivity index (χ0n) is 19.0. The van der Waals surface area contributed by atoms with Crippen molar-refractivity contribution in [2.45, 2.75) is 34.6 Å². The number of para-hydroxylation sites is 1. The van der Waals surface area contributed by atoms with E-state index in [0.29, 0.717) is 16.7 Å². The zero-order valence-corrected chi connectivity index (χ0v) is 19.8. The van der Waals surface area contributed by atoms with E-state index in [1.165, 1.54) is 28.6 Å². The molecule has 1 aliphatic rings. The minimum Gasteiger partial charge on any atom is -0.494 e. The third kappa shape index (κ3) is 4.36. The number of amidine groups is 1. The lowest BCUT2D eigenvalue weighted by Gasteiger charge is -2.15. The molecule has 1 N–H and O–H groups in total. The van der Waals surface area contributed by atoms with E-state index in [9.17, 15) is 4.79 Å². The number of aliphatic imine (C=N–C) groups is 1. The summed E-state index contributed by atoms with van der Waals surface area (Å²) in [5, 5.41) is 3.45. The lowest BCUT2D eigenvalue weighted by Crippen LogP contribution is -2.19. The average Bonchev–Trinajstić information content (AvgIpc) is 3.23. The molecule has 6 heteroatoms. The van der Waals surface area contributed by atoms with Crippen LogP contribution in [0.3, 0.4) is 0 Å². The maximum Gasteiger partial charge on any atom is 0.264 e. The van der Waals surface area contributed by atoms with Crippen molar-refractivity contribution in [1.82, 2.24) is 9.88 Å². The van der Waals surface area contributed by atoms with Crippen LogP contribution in [0, 0.1) is 27.7 Å². The Morgan fingerprint density at radius 1 is 1.06 bits per heavy atom. The number of amides is 1. The van der Waals surface area contributed by atoms with E-state index in [-0.39, 0.29) is 5.91 Å². The highest BCUT2D eigenvalue weighted by Gasteiger charge is 2.25. The van der Waals surface area contributed by atoms with Gasteiger partial charge in [0.2, 0.25) is 0 Å². The smallest absolute Gasteiger partial charge is 0.264 e. The molecule has 164 valence electrons. The molecule has 0 spiro atoms. The second-order valence-corrected chi connectivity index (χ2v) is 8.84. The summed E-state index contributed by atoms with van der Waals surface area (Å²) in [7, 11) is 0. The first-order valence-electron chi connectivity index (χ1n) is 10.7. The molecule has 1 saturated heterocycles. The van der Waals surface area contributed by atoms with Crippen molar-refractivity contribution in [2.75, 3.05) is 6.61 Å². The Bertz CT molecular complexity index is 1220. The van der Waals surface area contributed by atoms with Crippen molar-refractivity contribution in [3.63, 3.8) is 0 Å². The predicted molar refractivity (Wildman–Crippen MR) is 133 cm³/mol. The van der Waals surface area contributed by atoms with Gasteiger partial charge in [-0.3, -0.25) is 4.79 Å². The topological polar surface area (TPSA) is 55.6 Å². The van der Waals surface area contributed by atoms with Crippen molar-refractivity contribution in [3.05, 3.63) is 81.5 Å². The minimum absolute atomic E-state index is 0.128. The molecule has 0 bridgehead atoms. The maximum absolute atomic E-state index is 12.6. The normalized spacial score (nSPS) is 16.1. The number of aromatic nitrogens is 1. The molecule has 4 rings (SSSR count).